The summed E-state index contributed by atoms with van der Waals surface area (Å²) in [6.07, 6.45) is -4.54. The van der Waals surface area contributed by atoms with Crippen molar-refractivity contribution in [3.05, 3.63) is 101 Å². The second-order valence-electron chi connectivity index (χ2n) is 9.87. The molecule has 1 heterocycles. The molecule has 0 N–H and O–H groups in total. The van der Waals surface area contributed by atoms with Crippen molar-refractivity contribution in [1.82, 2.24) is 9.80 Å². The first kappa shape index (κ1) is 28.2. The molecule has 39 heavy (non-hydrogen) atoms. The quantitative estimate of drug-likeness (QED) is 0.350. The molecule has 0 aliphatic carbocycles. The van der Waals surface area contributed by atoms with Gasteiger partial charge in [-0.2, -0.15) is 13.2 Å². The summed E-state index contributed by atoms with van der Waals surface area (Å²) in [6, 6.07) is 21.1. The SMILES string of the molecule is COC(=O)c1ccc(CN(C(=O)N2C[C@@H](C)N(Cc3ccccc3)[C@@H](C)C2)c2cccc(C(F)(F)F)c2)cc1. The van der Waals surface area contributed by atoms with Gasteiger partial charge < -0.3 is 9.64 Å². The zero-order valence-corrected chi connectivity index (χ0v) is 22.2. The van der Waals surface area contributed by atoms with E-state index in [4.69, 9.17) is 4.74 Å². The van der Waals surface area contributed by atoms with Crippen molar-refractivity contribution in [3.8, 4) is 0 Å². The van der Waals surface area contributed by atoms with Gasteiger partial charge in [-0.15, -0.1) is 0 Å². The highest BCUT2D eigenvalue weighted by Gasteiger charge is 2.35. The number of alkyl halides is 3. The molecule has 0 spiro atoms. The number of rotatable bonds is 6. The molecule has 2 amide bonds. The lowest BCUT2D eigenvalue weighted by atomic mass is 10.1. The highest BCUT2D eigenvalue weighted by Crippen LogP contribution is 2.33. The Morgan fingerprint density at radius 2 is 1.54 bits per heavy atom. The molecular formula is C30H32F3N3O3. The lowest BCUT2D eigenvalue weighted by molar-refractivity contribution is -0.137. The summed E-state index contributed by atoms with van der Waals surface area (Å²) in [6.45, 7) is 5.77. The van der Waals surface area contributed by atoms with Crippen LogP contribution in [0.15, 0.2) is 78.9 Å². The number of urea groups is 1. The van der Waals surface area contributed by atoms with E-state index in [1.165, 1.54) is 29.7 Å². The van der Waals surface area contributed by atoms with E-state index in [9.17, 15) is 22.8 Å². The third-order valence-electron chi connectivity index (χ3n) is 7.01. The normalized spacial score (nSPS) is 18.1. The third-order valence-corrected chi connectivity index (χ3v) is 7.01. The first-order chi connectivity index (χ1) is 18.6. The van der Waals surface area contributed by atoms with Crippen molar-refractivity contribution in [2.45, 2.75) is 45.2 Å². The fraction of sp³-hybridized carbons (Fsp3) is 0.333. The van der Waals surface area contributed by atoms with Crippen molar-refractivity contribution in [3.63, 3.8) is 0 Å². The summed E-state index contributed by atoms with van der Waals surface area (Å²) in [5.74, 6) is -0.497. The van der Waals surface area contributed by atoms with Crippen LogP contribution in [-0.2, 0) is 24.0 Å². The van der Waals surface area contributed by atoms with Gasteiger partial charge in [0.05, 0.1) is 24.8 Å². The first-order valence-corrected chi connectivity index (χ1v) is 12.8. The maximum atomic E-state index is 13.9. The zero-order valence-electron chi connectivity index (χ0n) is 22.2. The summed E-state index contributed by atoms with van der Waals surface area (Å²) in [4.78, 5) is 31.1. The predicted octanol–water partition coefficient (Wildman–Crippen LogP) is 6.21. The Labute approximate surface area is 226 Å². The standard InChI is InChI=1S/C30H32F3N3O3/c1-21-17-34(18-22(2)35(21)19-23-8-5-4-6-9-23)29(38)36(27-11-7-10-26(16-27)30(31,32)33)20-24-12-14-25(15-13-24)28(37)39-3/h4-16,21-22H,17-20H2,1-3H3/t21-,22+. The average molecular weight is 540 g/mol. The fourth-order valence-electron chi connectivity index (χ4n) is 4.96. The number of ether oxygens (including phenoxy) is 1. The minimum atomic E-state index is -4.54. The topological polar surface area (TPSA) is 53.1 Å². The molecule has 0 radical (unpaired) electrons. The number of carbonyl (C=O) groups excluding carboxylic acids is 2. The minimum Gasteiger partial charge on any atom is -0.465 e. The van der Waals surface area contributed by atoms with Crippen LogP contribution in [0.1, 0.15) is 40.9 Å². The Morgan fingerprint density at radius 1 is 0.897 bits per heavy atom. The monoisotopic (exact) mass is 539 g/mol. The van der Waals surface area contributed by atoms with E-state index in [1.807, 2.05) is 18.2 Å². The van der Waals surface area contributed by atoms with Crippen LogP contribution in [0.3, 0.4) is 0 Å². The van der Waals surface area contributed by atoms with E-state index in [0.717, 1.165) is 18.7 Å². The van der Waals surface area contributed by atoms with E-state index < -0.39 is 17.7 Å². The van der Waals surface area contributed by atoms with Gasteiger partial charge in [-0.3, -0.25) is 9.80 Å². The van der Waals surface area contributed by atoms with Crippen LogP contribution in [0.2, 0.25) is 0 Å². The summed E-state index contributed by atoms with van der Waals surface area (Å²) >= 11 is 0. The first-order valence-electron chi connectivity index (χ1n) is 12.8. The molecule has 0 bridgehead atoms. The van der Waals surface area contributed by atoms with Gasteiger partial charge in [0.15, 0.2) is 0 Å². The summed E-state index contributed by atoms with van der Waals surface area (Å²) in [5.41, 5.74) is 1.51. The molecule has 2 atom stereocenters. The molecule has 1 aliphatic heterocycles. The van der Waals surface area contributed by atoms with Crippen molar-refractivity contribution >= 4 is 17.7 Å². The van der Waals surface area contributed by atoms with Crippen molar-refractivity contribution in [2.24, 2.45) is 0 Å². The Balaban J connectivity index is 1.59. The van der Waals surface area contributed by atoms with E-state index in [2.05, 4.69) is 30.9 Å². The van der Waals surface area contributed by atoms with Gasteiger partial charge in [-0.1, -0.05) is 48.5 Å². The third kappa shape index (κ3) is 6.78. The molecule has 0 saturated carbocycles. The summed E-state index contributed by atoms with van der Waals surface area (Å²) in [5, 5.41) is 0. The van der Waals surface area contributed by atoms with Crippen LogP contribution in [0.5, 0.6) is 0 Å². The summed E-state index contributed by atoms with van der Waals surface area (Å²) < 4.78 is 45.3. The number of halogens is 3. The highest BCUT2D eigenvalue weighted by atomic mass is 19.4. The van der Waals surface area contributed by atoms with Gasteiger partial charge in [0.1, 0.15) is 0 Å². The lowest BCUT2D eigenvalue weighted by Crippen LogP contribution is -2.59. The maximum absolute atomic E-state index is 13.9. The van der Waals surface area contributed by atoms with E-state index >= 15 is 0 Å². The van der Waals surface area contributed by atoms with Crippen molar-refractivity contribution < 1.29 is 27.5 Å². The van der Waals surface area contributed by atoms with Gasteiger partial charge >= 0.3 is 18.2 Å². The smallest absolute Gasteiger partial charge is 0.416 e. The van der Waals surface area contributed by atoms with Crippen LogP contribution in [0.25, 0.3) is 0 Å². The Morgan fingerprint density at radius 3 is 2.13 bits per heavy atom. The second-order valence-corrected chi connectivity index (χ2v) is 9.87. The molecule has 3 aromatic rings. The number of hydrogen-bond acceptors (Lipinski definition) is 4. The number of anilines is 1. The largest absolute Gasteiger partial charge is 0.465 e. The highest BCUT2D eigenvalue weighted by molar-refractivity contribution is 5.92. The number of carbonyl (C=O) groups is 2. The second kappa shape index (κ2) is 11.9. The molecule has 6 nitrogen and oxygen atoms in total. The van der Waals surface area contributed by atoms with Crippen molar-refractivity contribution in [2.75, 3.05) is 25.1 Å². The summed E-state index contributed by atoms with van der Waals surface area (Å²) in [7, 11) is 1.28. The molecule has 1 aliphatic rings. The van der Waals surface area contributed by atoms with Crippen molar-refractivity contribution in [1.29, 1.82) is 0 Å². The minimum absolute atomic E-state index is 0.0363. The average Bonchev–Trinajstić information content (AvgIpc) is 2.93. The van der Waals surface area contributed by atoms with Gasteiger partial charge in [0.2, 0.25) is 0 Å². The van der Waals surface area contributed by atoms with Crippen LogP contribution in [0, 0.1) is 0 Å². The molecule has 1 saturated heterocycles. The predicted molar refractivity (Wildman–Crippen MR) is 143 cm³/mol. The van der Waals surface area contributed by atoms with Gasteiger partial charge in [0.25, 0.3) is 0 Å². The molecule has 1 fully saturated rings. The molecule has 0 unspecified atom stereocenters. The number of hydrogen-bond donors (Lipinski definition) is 0. The Hall–Kier alpha value is -3.85. The van der Waals surface area contributed by atoms with Crippen LogP contribution in [-0.4, -0.2) is 54.1 Å². The maximum Gasteiger partial charge on any atom is 0.416 e. The zero-order chi connectivity index (χ0) is 28.2. The van der Waals surface area contributed by atoms with E-state index in [-0.39, 0.29) is 30.3 Å². The van der Waals surface area contributed by atoms with Crippen LogP contribution >= 0.6 is 0 Å². The van der Waals surface area contributed by atoms with E-state index in [0.29, 0.717) is 24.2 Å². The van der Waals surface area contributed by atoms with Gasteiger partial charge in [0, 0.05) is 37.4 Å². The molecule has 206 valence electrons. The van der Waals surface area contributed by atoms with Gasteiger partial charge in [-0.25, -0.2) is 9.59 Å². The molecule has 4 rings (SSSR count). The number of piperazine rings is 1. The van der Waals surface area contributed by atoms with Crippen LogP contribution in [0.4, 0.5) is 23.7 Å². The molecule has 9 heteroatoms. The Bertz CT molecular complexity index is 1270. The lowest BCUT2D eigenvalue weighted by Gasteiger charge is -2.45. The number of amides is 2. The Kier molecular flexibility index (Phi) is 8.60. The molecule has 3 aromatic carbocycles. The van der Waals surface area contributed by atoms with E-state index in [1.54, 1.807) is 29.2 Å². The number of esters is 1. The van der Waals surface area contributed by atoms with Crippen LogP contribution < -0.4 is 4.90 Å². The number of methoxy groups -OCH3 is 1. The number of nitrogens with zero attached hydrogens (tertiary/aromatic N) is 3. The van der Waals surface area contributed by atoms with Gasteiger partial charge in [-0.05, 0) is 55.3 Å². The molecule has 0 aromatic heterocycles. The number of benzene rings is 3. The fourth-order valence-corrected chi connectivity index (χ4v) is 4.96. The molecular weight excluding hydrogens is 507 g/mol.